The summed E-state index contributed by atoms with van der Waals surface area (Å²) in [4.78, 5) is 9.17. The van der Waals surface area contributed by atoms with E-state index >= 15 is 0 Å². The van der Waals surface area contributed by atoms with Crippen LogP contribution in [0.5, 0.6) is 0 Å². The van der Waals surface area contributed by atoms with E-state index in [1.807, 2.05) is 11.3 Å². The summed E-state index contributed by atoms with van der Waals surface area (Å²) in [5.74, 6) is 0. The summed E-state index contributed by atoms with van der Waals surface area (Å²) in [6.07, 6.45) is 3.55. The normalized spacial score (nSPS) is 12.0. The number of fused-ring (bicyclic) bond motifs is 10. The second-order valence-electron chi connectivity index (χ2n) is 6.26. The van der Waals surface area contributed by atoms with Gasteiger partial charge in [-0.2, -0.15) is 0 Å². The van der Waals surface area contributed by atoms with Crippen LogP contribution in [-0.2, 0) is 0 Å². The molecule has 6 rings (SSSR count). The van der Waals surface area contributed by atoms with Crippen LogP contribution in [0.2, 0.25) is 0 Å². The number of aromatic nitrogens is 2. The average Bonchev–Trinajstić information content (AvgIpc) is 3.09. The van der Waals surface area contributed by atoms with Crippen LogP contribution in [0.3, 0.4) is 0 Å². The molecule has 0 radical (unpaired) electrons. The quantitative estimate of drug-likeness (QED) is 0.304. The molecule has 2 nitrogen and oxygen atoms in total. The van der Waals surface area contributed by atoms with E-state index in [1.165, 1.54) is 41.7 Å². The van der Waals surface area contributed by atoms with Crippen LogP contribution in [0, 0.1) is 0 Å². The Kier molecular flexibility index (Phi) is 2.52. The molecule has 0 atom stereocenters. The van der Waals surface area contributed by atoms with Gasteiger partial charge >= 0.3 is 0 Å². The Bertz CT molecular complexity index is 1450. The lowest BCUT2D eigenvalue weighted by molar-refractivity contribution is 1.31. The minimum Gasteiger partial charge on any atom is -0.253 e. The third-order valence-electron chi connectivity index (χ3n) is 4.95. The first kappa shape index (κ1) is 13.3. The summed E-state index contributed by atoms with van der Waals surface area (Å²) >= 11 is 1.85. The van der Waals surface area contributed by atoms with Crippen molar-refractivity contribution in [2.24, 2.45) is 0 Å². The Morgan fingerprint density at radius 3 is 2.12 bits per heavy atom. The van der Waals surface area contributed by atoms with Gasteiger partial charge in [-0.1, -0.05) is 48.5 Å². The van der Waals surface area contributed by atoms with Crippen LogP contribution >= 0.6 is 11.3 Å². The number of benzene rings is 4. The molecule has 0 amide bonds. The molecule has 0 saturated carbocycles. The Balaban J connectivity index is 2.05. The number of hydrogen-bond donors (Lipinski definition) is 0. The van der Waals surface area contributed by atoms with Crippen molar-refractivity contribution in [2.45, 2.75) is 0 Å². The van der Waals surface area contributed by atoms with Crippen molar-refractivity contribution in [1.29, 1.82) is 0 Å². The second-order valence-corrected chi connectivity index (χ2v) is 7.31. The van der Waals surface area contributed by atoms with E-state index in [4.69, 9.17) is 0 Å². The molecule has 2 aromatic heterocycles. The first-order chi connectivity index (χ1) is 12.4. The first-order valence-corrected chi connectivity index (χ1v) is 9.09. The molecule has 25 heavy (non-hydrogen) atoms. The molecular formula is C22H12N2S. The van der Waals surface area contributed by atoms with Crippen molar-refractivity contribution < 1.29 is 0 Å². The van der Waals surface area contributed by atoms with Gasteiger partial charge in [0.15, 0.2) is 0 Å². The SMILES string of the molecule is c1ccc2c(c1)c1ccccc1c1c2sc2ccc3nccnc3c21. The summed E-state index contributed by atoms with van der Waals surface area (Å²) in [7, 11) is 0. The molecule has 4 aromatic carbocycles. The molecule has 0 spiro atoms. The van der Waals surface area contributed by atoms with Gasteiger partial charge in [0, 0.05) is 38.0 Å². The number of nitrogens with zero attached hydrogens (tertiary/aromatic N) is 2. The van der Waals surface area contributed by atoms with E-state index in [1.54, 1.807) is 12.4 Å². The van der Waals surface area contributed by atoms with E-state index < -0.39 is 0 Å². The van der Waals surface area contributed by atoms with Crippen LogP contribution in [-0.4, -0.2) is 9.97 Å². The molecule has 0 aliphatic rings. The molecule has 116 valence electrons. The van der Waals surface area contributed by atoms with Gasteiger partial charge in [-0.15, -0.1) is 11.3 Å². The smallest absolute Gasteiger partial charge is 0.0979 e. The molecule has 0 fully saturated rings. The van der Waals surface area contributed by atoms with Gasteiger partial charge in [0.05, 0.1) is 11.0 Å². The molecule has 6 aromatic rings. The van der Waals surface area contributed by atoms with Gasteiger partial charge < -0.3 is 0 Å². The summed E-state index contributed by atoms with van der Waals surface area (Å²) in [5, 5.41) is 7.75. The van der Waals surface area contributed by atoms with E-state index in [9.17, 15) is 0 Å². The lowest BCUT2D eigenvalue weighted by Crippen LogP contribution is -1.83. The van der Waals surface area contributed by atoms with E-state index in [0.29, 0.717) is 0 Å². The van der Waals surface area contributed by atoms with Crippen molar-refractivity contribution in [2.75, 3.05) is 0 Å². The Morgan fingerprint density at radius 2 is 1.28 bits per heavy atom. The molecule has 0 saturated heterocycles. The Hall–Kier alpha value is -3.04. The second kappa shape index (κ2) is 4.74. The average molecular weight is 336 g/mol. The summed E-state index contributed by atoms with van der Waals surface area (Å²) in [6.45, 7) is 0. The maximum Gasteiger partial charge on any atom is 0.0979 e. The largest absolute Gasteiger partial charge is 0.253 e. The third-order valence-corrected chi connectivity index (χ3v) is 6.14. The van der Waals surface area contributed by atoms with Gasteiger partial charge in [-0.05, 0) is 28.3 Å². The molecule has 0 N–H and O–H groups in total. The lowest BCUT2D eigenvalue weighted by atomic mass is 9.97. The molecule has 3 heteroatoms. The highest BCUT2D eigenvalue weighted by atomic mass is 32.1. The van der Waals surface area contributed by atoms with Crippen molar-refractivity contribution in [1.82, 2.24) is 9.97 Å². The van der Waals surface area contributed by atoms with Gasteiger partial charge in [-0.3, -0.25) is 9.97 Å². The van der Waals surface area contributed by atoms with Gasteiger partial charge in [-0.25, -0.2) is 0 Å². The molecule has 2 heterocycles. The molecule has 0 unspecified atom stereocenters. The van der Waals surface area contributed by atoms with Gasteiger partial charge in [0.1, 0.15) is 0 Å². The van der Waals surface area contributed by atoms with Crippen LogP contribution in [0.4, 0.5) is 0 Å². The maximum absolute atomic E-state index is 4.66. The fourth-order valence-electron chi connectivity index (χ4n) is 3.92. The number of thiophene rings is 1. The summed E-state index contributed by atoms with van der Waals surface area (Å²) in [6, 6.07) is 21.6. The van der Waals surface area contributed by atoms with Crippen molar-refractivity contribution in [3.05, 3.63) is 73.1 Å². The zero-order chi connectivity index (χ0) is 16.4. The highest BCUT2D eigenvalue weighted by molar-refractivity contribution is 7.27. The minimum absolute atomic E-state index is 0.951. The molecule has 0 bridgehead atoms. The third kappa shape index (κ3) is 1.68. The van der Waals surface area contributed by atoms with Crippen molar-refractivity contribution in [3.63, 3.8) is 0 Å². The van der Waals surface area contributed by atoms with Gasteiger partial charge in [0.25, 0.3) is 0 Å². The Labute approximate surface area is 147 Å². The van der Waals surface area contributed by atoms with Crippen LogP contribution in [0.25, 0.3) is 52.8 Å². The summed E-state index contributed by atoms with van der Waals surface area (Å²) < 4.78 is 2.60. The van der Waals surface area contributed by atoms with E-state index in [2.05, 4.69) is 70.6 Å². The topological polar surface area (TPSA) is 25.8 Å². The zero-order valence-electron chi connectivity index (χ0n) is 13.2. The fraction of sp³-hybridized carbons (Fsp3) is 0. The standard InChI is InChI=1S/C22H12N2S/c1-3-7-15-13(5-1)14-6-2-4-8-16(14)22-19(15)20-18(25-22)10-9-17-21(20)24-12-11-23-17/h1-12H. The number of rotatable bonds is 0. The van der Waals surface area contributed by atoms with E-state index in [-0.39, 0.29) is 0 Å². The van der Waals surface area contributed by atoms with Crippen LogP contribution in [0.1, 0.15) is 0 Å². The van der Waals surface area contributed by atoms with Crippen molar-refractivity contribution >= 4 is 64.1 Å². The minimum atomic E-state index is 0.951. The van der Waals surface area contributed by atoms with Crippen LogP contribution in [0.15, 0.2) is 73.1 Å². The molecule has 0 aliphatic heterocycles. The lowest BCUT2D eigenvalue weighted by Gasteiger charge is -2.07. The predicted molar refractivity (Wildman–Crippen MR) is 107 cm³/mol. The number of hydrogen-bond acceptors (Lipinski definition) is 3. The maximum atomic E-state index is 4.66. The van der Waals surface area contributed by atoms with Gasteiger partial charge in [0.2, 0.25) is 0 Å². The van der Waals surface area contributed by atoms with Crippen molar-refractivity contribution in [3.8, 4) is 0 Å². The highest BCUT2D eigenvalue weighted by Crippen LogP contribution is 2.45. The monoisotopic (exact) mass is 336 g/mol. The first-order valence-electron chi connectivity index (χ1n) is 8.27. The highest BCUT2D eigenvalue weighted by Gasteiger charge is 2.16. The summed E-state index contributed by atoms with van der Waals surface area (Å²) in [5.41, 5.74) is 1.94. The molecular weight excluding hydrogens is 324 g/mol. The Morgan fingerprint density at radius 1 is 0.600 bits per heavy atom. The van der Waals surface area contributed by atoms with E-state index in [0.717, 1.165) is 11.0 Å². The predicted octanol–water partition coefficient (Wildman–Crippen LogP) is 6.30. The zero-order valence-corrected chi connectivity index (χ0v) is 14.0. The fourth-order valence-corrected chi connectivity index (χ4v) is 5.18. The molecule has 0 aliphatic carbocycles. The van der Waals surface area contributed by atoms with Crippen LogP contribution < -0.4 is 0 Å².